The molecule has 0 bridgehead atoms. The van der Waals surface area contributed by atoms with Crippen LogP contribution in [-0.4, -0.2) is 29.9 Å². The third-order valence-corrected chi connectivity index (χ3v) is 7.27. The van der Waals surface area contributed by atoms with Crippen molar-refractivity contribution in [2.24, 2.45) is 12.8 Å². The van der Waals surface area contributed by atoms with Gasteiger partial charge in [0.1, 0.15) is 11.7 Å². The number of fused-ring (bicyclic) bond motifs is 1. The molecule has 4 rings (SSSR count). The molecule has 0 spiro atoms. The lowest BCUT2D eigenvalue weighted by atomic mass is 9.76. The van der Waals surface area contributed by atoms with E-state index in [4.69, 9.17) is 5.73 Å². The third kappa shape index (κ3) is 5.56. The molecule has 9 heteroatoms. The number of hydrogen-bond acceptors (Lipinski definition) is 5. The van der Waals surface area contributed by atoms with E-state index in [1.165, 1.54) is 29.7 Å². The number of hydrogen-bond donors (Lipinski definition) is 2. The van der Waals surface area contributed by atoms with Gasteiger partial charge in [0.15, 0.2) is 5.03 Å². The van der Waals surface area contributed by atoms with Crippen LogP contribution in [0.2, 0.25) is 0 Å². The minimum absolute atomic E-state index is 0. The number of halogens is 2. The van der Waals surface area contributed by atoms with E-state index < -0.39 is 9.84 Å². The van der Waals surface area contributed by atoms with Crippen LogP contribution in [0.15, 0.2) is 60.0 Å². The van der Waals surface area contributed by atoms with Gasteiger partial charge in [0.25, 0.3) is 0 Å². The second-order valence-electron chi connectivity index (χ2n) is 8.24. The number of nitrogens with two attached hydrogens (primary N) is 1. The van der Waals surface area contributed by atoms with Crippen molar-refractivity contribution in [3.8, 4) is 0 Å². The van der Waals surface area contributed by atoms with Crippen molar-refractivity contribution in [1.82, 2.24) is 14.9 Å². The number of nitrogens with one attached hydrogen (secondary N) is 1. The van der Waals surface area contributed by atoms with Gasteiger partial charge in [-0.15, -0.1) is 12.4 Å². The molecule has 1 aliphatic rings. The van der Waals surface area contributed by atoms with Crippen molar-refractivity contribution in [2.45, 2.75) is 42.8 Å². The van der Waals surface area contributed by atoms with Gasteiger partial charge in [-0.2, -0.15) is 0 Å². The van der Waals surface area contributed by atoms with Crippen LogP contribution in [0.4, 0.5) is 4.39 Å². The highest BCUT2D eigenvalue weighted by molar-refractivity contribution is 7.91. The molecular formula is C23H28ClFN4O2S. The first kappa shape index (κ1) is 24.4. The number of aryl methyl sites for hydroxylation is 2. The Morgan fingerprint density at radius 3 is 2.75 bits per heavy atom. The van der Waals surface area contributed by atoms with Gasteiger partial charge in [0.05, 0.1) is 6.33 Å². The minimum Gasteiger partial charge on any atom is -0.339 e. The summed E-state index contributed by atoms with van der Waals surface area (Å²) in [6, 6.07) is 12.9. The maximum atomic E-state index is 13.6. The average Bonchev–Trinajstić information content (AvgIpc) is 3.18. The fourth-order valence-electron chi connectivity index (χ4n) is 4.21. The van der Waals surface area contributed by atoms with Gasteiger partial charge in [0.2, 0.25) is 9.84 Å². The van der Waals surface area contributed by atoms with E-state index in [0.717, 1.165) is 24.0 Å². The largest absolute Gasteiger partial charge is 0.339 e. The number of sulfone groups is 1. The zero-order valence-electron chi connectivity index (χ0n) is 17.9. The number of nitrogens with zero attached hydrogens (tertiary/aromatic N) is 2. The van der Waals surface area contributed by atoms with E-state index in [9.17, 15) is 12.8 Å². The van der Waals surface area contributed by atoms with Crippen LogP contribution >= 0.6 is 12.4 Å². The summed E-state index contributed by atoms with van der Waals surface area (Å²) in [5, 5.41) is 3.09. The highest BCUT2D eigenvalue weighted by atomic mass is 35.5. The Hall–Kier alpha value is -2.26. The Morgan fingerprint density at radius 1 is 1.22 bits per heavy atom. The molecule has 32 heavy (non-hydrogen) atoms. The van der Waals surface area contributed by atoms with Crippen molar-refractivity contribution in [1.29, 1.82) is 0 Å². The number of benzene rings is 2. The third-order valence-electron chi connectivity index (χ3n) is 5.84. The first-order valence-corrected chi connectivity index (χ1v) is 12.0. The Kier molecular flexibility index (Phi) is 7.71. The van der Waals surface area contributed by atoms with Gasteiger partial charge in [-0.1, -0.05) is 30.3 Å². The summed E-state index contributed by atoms with van der Waals surface area (Å²) < 4.78 is 40.1. The molecule has 0 aliphatic heterocycles. The van der Waals surface area contributed by atoms with Crippen molar-refractivity contribution >= 4 is 22.2 Å². The predicted octanol–water partition coefficient (Wildman–Crippen LogP) is 3.10. The van der Waals surface area contributed by atoms with E-state index in [-0.39, 0.29) is 41.1 Å². The lowest BCUT2D eigenvalue weighted by molar-refractivity contribution is 0.466. The van der Waals surface area contributed by atoms with E-state index in [0.29, 0.717) is 13.0 Å². The monoisotopic (exact) mass is 478 g/mol. The second-order valence-corrected chi connectivity index (χ2v) is 10.2. The smallest absolute Gasteiger partial charge is 0.210 e. The fourth-order valence-corrected chi connectivity index (χ4v) is 5.27. The lowest BCUT2D eigenvalue weighted by Crippen LogP contribution is -2.34. The number of rotatable bonds is 7. The maximum absolute atomic E-state index is 13.6. The lowest BCUT2D eigenvalue weighted by Gasteiger charge is -2.32. The highest BCUT2D eigenvalue weighted by Crippen LogP contribution is 2.34. The molecule has 6 nitrogen and oxygen atoms in total. The number of aromatic nitrogens is 2. The van der Waals surface area contributed by atoms with Crippen LogP contribution in [0.25, 0.3) is 0 Å². The van der Waals surface area contributed by atoms with E-state index >= 15 is 0 Å². The molecular weight excluding hydrogens is 451 g/mol. The van der Waals surface area contributed by atoms with Crippen LogP contribution in [0.5, 0.6) is 0 Å². The average molecular weight is 479 g/mol. The van der Waals surface area contributed by atoms with Crippen molar-refractivity contribution < 1.29 is 12.8 Å². The van der Waals surface area contributed by atoms with Crippen LogP contribution in [-0.2, 0) is 36.3 Å². The van der Waals surface area contributed by atoms with Gasteiger partial charge in [-0.05, 0) is 53.6 Å². The first-order chi connectivity index (χ1) is 14.8. The molecule has 0 amide bonds. The quantitative estimate of drug-likeness (QED) is 0.544. The summed E-state index contributed by atoms with van der Waals surface area (Å²) in [5.74, 6) is -0.329. The minimum atomic E-state index is -3.49. The molecule has 0 radical (unpaired) electrons. The molecule has 0 saturated carbocycles. The van der Waals surface area contributed by atoms with Crippen molar-refractivity contribution in [3.63, 3.8) is 0 Å². The number of imidazole rings is 1. The molecule has 1 heterocycles. The van der Waals surface area contributed by atoms with Gasteiger partial charge < -0.3 is 10.3 Å². The maximum Gasteiger partial charge on any atom is 0.210 e. The van der Waals surface area contributed by atoms with E-state index in [2.05, 4.69) is 22.4 Å². The summed E-state index contributed by atoms with van der Waals surface area (Å²) in [7, 11) is -1.76. The summed E-state index contributed by atoms with van der Waals surface area (Å²) in [6.07, 6.45) is 5.45. The van der Waals surface area contributed by atoms with E-state index in [1.54, 1.807) is 23.7 Å². The normalized spacial score (nSPS) is 18.1. The Bertz CT molecular complexity index is 1180. The van der Waals surface area contributed by atoms with Gasteiger partial charge in [-0.3, -0.25) is 5.32 Å². The summed E-state index contributed by atoms with van der Waals surface area (Å²) in [6.45, 7) is 0.418. The van der Waals surface area contributed by atoms with Crippen LogP contribution in [0.1, 0.15) is 34.6 Å². The molecule has 1 aromatic heterocycles. The SMILES string of the molecule is Cl.Cn1cnc(S(=O)(=O)CNCc2ccc3c(c2)C(Cc2cccc(F)c2)C(N)CC3)c1. The van der Waals surface area contributed by atoms with Crippen LogP contribution < -0.4 is 11.1 Å². The standard InChI is InChI=1S/C23H27FN4O2S.ClH/c1-28-13-23(27-14-28)31(29,30)15-26-12-17-5-6-18-7-8-22(25)21(20(18)11-17)10-16-3-2-4-19(24)9-16;/h2-6,9,11,13-14,21-22,26H,7-8,10,12,15,25H2,1H3;1H. The first-order valence-electron chi connectivity index (χ1n) is 10.3. The summed E-state index contributed by atoms with van der Waals surface area (Å²) >= 11 is 0. The van der Waals surface area contributed by atoms with Gasteiger partial charge in [-0.25, -0.2) is 17.8 Å². The zero-order valence-corrected chi connectivity index (χ0v) is 19.5. The molecule has 2 aromatic carbocycles. The Balaban J connectivity index is 0.00000289. The molecule has 3 aromatic rings. The molecule has 0 saturated heterocycles. The van der Waals surface area contributed by atoms with E-state index in [1.807, 2.05) is 12.1 Å². The molecule has 172 valence electrons. The summed E-state index contributed by atoms with van der Waals surface area (Å²) in [5.41, 5.74) is 10.8. The van der Waals surface area contributed by atoms with Crippen LogP contribution in [0, 0.1) is 5.82 Å². The zero-order chi connectivity index (χ0) is 22.0. The Labute approximate surface area is 194 Å². The fraction of sp³-hybridized carbons (Fsp3) is 0.348. The molecule has 3 N–H and O–H groups in total. The Morgan fingerprint density at radius 2 is 2.03 bits per heavy atom. The van der Waals surface area contributed by atoms with Crippen molar-refractivity contribution in [2.75, 3.05) is 5.88 Å². The van der Waals surface area contributed by atoms with Crippen molar-refractivity contribution in [3.05, 3.63) is 83.1 Å². The highest BCUT2D eigenvalue weighted by Gasteiger charge is 2.27. The van der Waals surface area contributed by atoms with Gasteiger partial charge >= 0.3 is 0 Å². The molecule has 2 atom stereocenters. The molecule has 0 fully saturated rings. The molecule has 2 unspecified atom stereocenters. The topological polar surface area (TPSA) is 90.0 Å². The van der Waals surface area contributed by atoms with Crippen LogP contribution in [0.3, 0.4) is 0 Å². The second kappa shape index (κ2) is 10.1. The van der Waals surface area contributed by atoms with Gasteiger partial charge in [0, 0.05) is 31.7 Å². The predicted molar refractivity (Wildman–Crippen MR) is 125 cm³/mol. The summed E-state index contributed by atoms with van der Waals surface area (Å²) in [4.78, 5) is 3.93. The molecule has 1 aliphatic carbocycles.